The Morgan fingerprint density at radius 1 is 1.19 bits per heavy atom. The largest absolute Gasteiger partial charge is 0.335 e. The molecule has 26 heavy (non-hydrogen) atoms. The Balaban J connectivity index is 2.25. The molecule has 0 saturated carbocycles. The number of hydrogen-bond donors (Lipinski definition) is 0. The summed E-state index contributed by atoms with van der Waals surface area (Å²) >= 11 is 0. The molecule has 1 aromatic rings. The Morgan fingerprint density at radius 3 is 2.27 bits per heavy atom. The fraction of sp³-hybridized carbons (Fsp3) is 0.588. The summed E-state index contributed by atoms with van der Waals surface area (Å²) in [6.07, 6.45) is 2.13. The van der Waals surface area contributed by atoms with E-state index in [1.54, 1.807) is 4.90 Å². The highest BCUT2D eigenvalue weighted by atomic mass is 32.2. The molecule has 1 atom stereocenters. The maximum atomic E-state index is 12.9. The van der Waals surface area contributed by atoms with Gasteiger partial charge in [-0.25, -0.2) is 21.1 Å². The maximum absolute atomic E-state index is 12.9. The van der Waals surface area contributed by atoms with Crippen molar-refractivity contribution in [3.05, 3.63) is 29.8 Å². The summed E-state index contributed by atoms with van der Waals surface area (Å²) in [6.45, 7) is 2.50. The minimum atomic E-state index is -3.56. The highest BCUT2D eigenvalue weighted by Crippen LogP contribution is 2.22. The highest BCUT2D eigenvalue weighted by molar-refractivity contribution is 7.91. The number of sulfonamides is 1. The quantitative estimate of drug-likeness (QED) is 0.687. The zero-order valence-corrected chi connectivity index (χ0v) is 17.0. The number of amides is 1. The van der Waals surface area contributed by atoms with Crippen molar-refractivity contribution in [1.29, 1.82) is 0 Å². The zero-order chi connectivity index (χ0) is 19.5. The fourth-order valence-corrected chi connectivity index (χ4v) is 5.58. The van der Waals surface area contributed by atoms with Crippen molar-refractivity contribution < 1.29 is 21.6 Å². The van der Waals surface area contributed by atoms with Gasteiger partial charge >= 0.3 is 0 Å². The first kappa shape index (κ1) is 20.9. The lowest BCUT2D eigenvalue weighted by atomic mass is 10.1. The van der Waals surface area contributed by atoms with Gasteiger partial charge in [-0.3, -0.25) is 4.79 Å². The number of rotatable bonds is 7. The zero-order valence-electron chi connectivity index (χ0n) is 15.4. The summed E-state index contributed by atoms with van der Waals surface area (Å²) in [7, 11) is -3.76. The topological polar surface area (TPSA) is 91.8 Å². The second-order valence-corrected chi connectivity index (χ2v) is 11.1. The molecule has 1 heterocycles. The number of benzene rings is 1. The molecule has 0 spiro atoms. The van der Waals surface area contributed by atoms with Gasteiger partial charge in [-0.2, -0.15) is 0 Å². The van der Waals surface area contributed by atoms with Crippen molar-refractivity contribution in [3.63, 3.8) is 0 Å². The third kappa shape index (κ3) is 4.63. The van der Waals surface area contributed by atoms with Crippen LogP contribution in [0.3, 0.4) is 0 Å². The number of carbonyl (C=O) groups excluding carboxylic acids is 1. The van der Waals surface area contributed by atoms with Crippen LogP contribution in [0.25, 0.3) is 0 Å². The molecule has 1 aromatic carbocycles. The van der Waals surface area contributed by atoms with Crippen molar-refractivity contribution in [2.24, 2.45) is 0 Å². The van der Waals surface area contributed by atoms with E-state index in [1.807, 2.05) is 6.92 Å². The Kier molecular flexibility index (Phi) is 6.46. The molecule has 0 bridgehead atoms. The molecule has 9 heteroatoms. The van der Waals surface area contributed by atoms with Crippen LogP contribution in [-0.2, 0) is 19.9 Å². The van der Waals surface area contributed by atoms with Crippen LogP contribution < -0.4 is 0 Å². The second kappa shape index (κ2) is 8.06. The van der Waals surface area contributed by atoms with Crippen molar-refractivity contribution in [1.82, 2.24) is 9.21 Å². The van der Waals surface area contributed by atoms with Crippen LogP contribution in [0, 0.1) is 0 Å². The lowest BCUT2D eigenvalue weighted by Gasteiger charge is -2.28. The summed E-state index contributed by atoms with van der Waals surface area (Å²) < 4.78 is 49.0. The van der Waals surface area contributed by atoms with Crippen LogP contribution in [0.4, 0.5) is 0 Å². The van der Waals surface area contributed by atoms with E-state index in [0.29, 0.717) is 18.5 Å². The van der Waals surface area contributed by atoms with Gasteiger partial charge in [0.2, 0.25) is 10.0 Å². The summed E-state index contributed by atoms with van der Waals surface area (Å²) in [5.41, 5.74) is 0.364. The average Bonchev–Trinajstić information content (AvgIpc) is 2.94. The summed E-state index contributed by atoms with van der Waals surface area (Å²) in [4.78, 5) is 14.7. The predicted molar refractivity (Wildman–Crippen MR) is 100 cm³/mol. The van der Waals surface area contributed by atoms with Gasteiger partial charge in [-0.15, -0.1) is 0 Å². The molecule has 1 aliphatic heterocycles. The Morgan fingerprint density at radius 2 is 1.81 bits per heavy atom. The molecule has 1 amide bonds. The van der Waals surface area contributed by atoms with Crippen LogP contribution in [0.15, 0.2) is 29.2 Å². The van der Waals surface area contributed by atoms with Crippen molar-refractivity contribution >= 4 is 25.8 Å². The number of sulfone groups is 1. The highest BCUT2D eigenvalue weighted by Gasteiger charge is 2.34. The lowest BCUT2D eigenvalue weighted by Crippen LogP contribution is -2.41. The molecule has 146 valence electrons. The van der Waals surface area contributed by atoms with Gasteiger partial charge in [0.25, 0.3) is 5.91 Å². The van der Waals surface area contributed by atoms with E-state index in [9.17, 15) is 21.6 Å². The van der Waals surface area contributed by atoms with Crippen LogP contribution >= 0.6 is 0 Å². The Bertz CT molecular complexity index is 846. The second-order valence-electron chi connectivity index (χ2n) is 6.72. The molecular weight excluding hydrogens is 376 g/mol. The van der Waals surface area contributed by atoms with Gasteiger partial charge in [0.15, 0.2) is 9.84 Å². The van der Waals surface area contributed by atoms with E-state index in [-0.39, 0.29) is 28.4 Å². The van der Waals surface area contributed by atoms with E-state index in [2.05, 4.69) is 0 Å². The first-order chi connectivity index (χ1) is 12.1. The van der Waals surface area contributed by atoms with Crippen molar-refractivity contribution in [3.8, 4) is 0 Å². The van der Waals surface area contributed by atoms with Crippen LogP contribution in [0.2, 0.25) is 0 Å². The molecule has 0 radical (unpaired) electrons. The number of hydrogen-bond acceptors (Lipinski definition) is 5. The van der Waals surface area contributed by atoms with Crippen LogP contribution in [0.1, 0.15) is 36.5 Å². The average molecular weight is 403 g/mol. The molecule has 1 aliphatic rings. The van der Waals surface area contributed by atoms with E-state index in [0.717, 1.165) is 17.1 Å². The molecule has 0 unspecified atom stereocenters. The fourth-order valence-electron chi connectivity index (χ4n) is 2.95. The van der Waals surface area contributed by atoms with Crippen molar-refractivity contribution in [2.75, 3.05) is 32.1 Å². The molecule has 0 aliphatic carbocycles. The predicted octanol–water partition coefficient (Wildman–Crippen LogP) is 1.37. The third-order valence-corrected chi connectivity index (χ3v) is 8.12. The molecule has 0 N–H and O–H groups in total. The van der Waals surface area contributed by atoms with Gasteiger partial charge in [0.1, 0.15) is 0 Å². The van der Waals surface area contributed by atoms with Crippen LogP contribution in [0.5, 0.6) is 0 Å². The summed E-state index contributed by atoms with van der Waals surface area (Å²) in [6, 6.07) is 5.48. The lowest BCUT2D eigenvalue weighted by molar-refractivity contribution is 0.0694. The molecule has 2 rings (SSSR count). The van der Waals surface area contributed by atoms with Gasteiger partial charge in [-0.1, -0.05) is 13.3 Å². The SMILES string of the molecule is CCCCN(C(=O)c1ccc(S(=O)(=O)N(C)C)cc1)[C@H]1CCS(=O)(=O)C1. The minimum Gasteiger partial charge on any atom is -0.335 e. The Labute approximate surface area is 156 Å². The monoisotopic (exact) mass is 402 g/mol. The van der Waals surface area contributed by atoms with Crippen molar-refractivity contribution in [2.45, 2.75) is 37.1 Å². The minimum absolute atomic E-state index is 0.00442. The molecule has 0 aromatic heterocycles. The normalized spacial score (nSPS) is 19.6. The summed E-state index contributed by atoms with van der Waals surface area (Å²) in [5.74, 6) is -0.155. The number of nitrogens with zero attached hydrogens (tertiary/aromatic N) is 2. The molecule has 7 nitrogen and oxygen atoms in total. The summed E-state index contributed by atoms with van der Waals surface area (Å²) in [5, 5.41) is 0. The molecular formula is C17H26N2O5S2. The van der Waals surface area contributed by atoms with E-state index < -0.39 is 19.9 Å². The smallest absolute Gasteiger partial charge is 0.254 e. The van der Waals surface area contributed by atoms with E-state index >= 15 is 0 Å². The first-order valence-electron chi connectivity index (χ1n) is 8.62. The molecule has 1 fully saturated rings. The number of carbonyl (C=O) groups is 1. The van der Waals surface area contributed by atoms with Gasteiger partial charge in [0, 0.05) is 32.2 Å². The maximum Gasteiger partial charge on any atom is 0.254 e. The third-order valence-electron chi connectivity index (χ3n) is 4.54. The standard InChI is InChI=1S/C17H26N2O5S2/c1-4-5-11-19(15-10-12-25(21,22)13-15)17(20)14-6-8-16(9-7-14)26(23,24)18(2)3/h6-9,15H,4-5,10-13H2,1-3H3/t15-/m0/s1. The number of unbranched alkanes of at least 4 members (excludes halogenated alkanes) is 1. The van der Waals surface area contributed by atoms with Gasteiger partial charge in [0.05, 0.1) is 16.4 Å². The first-order valence-corrected chi connectivity index (χ1v) is 11.9. The Hall–Kier alpha value is -1.45. The van der Waals surface area contributed by atoms with Gasteiger partial charge in [-0.05, 0) is 37.1 Å². The van der Waals surface area contributed by atoms with E-state index in [1.165, 1.54) is 38.4 Å². The van der Waals surface area contributed by atoms with Crippen LogP contribution in [-0.4, -0.2) is 70.1 Å². The van der Waals surface area contributed by atoms with E-state index in [4.69, 9.17) is 0 Å². The molecule has 1 saturated heterocycles. The van der Waals surface area contributed by atoms with Gasteiger partial charge < -0.3 is 4.90 Å².